The molecular weight excluding hydrogens is 154 g/mol. The van der Waals surface area contributed by atoms with Gasteiger partial charge in [-0.15, -0.1) is 11.6 Å². The van der Waals surface area contributed by atoms with E-state index in [4.69, 9.17) is 21.6 Å². The van der Waals surface area contributed by atoms with Gasteiger partial charge in [-0.1, -0.05) is 0 Å². The van der Waals surface area contributed by atoms with Crippen LogP contribution in [0.2, 0.25) is 0 Å². The molecule has 1 aliphatic rings. The van der Waals surface area contributed by atoms with Gasteiger partial charge in [0.2, 0.25) is 0 Å². The van der Waals surface area contributed by atoms with E-state index >= 15 is 0 Å². The summed E-state index contributed by atoms with van der Waals surface area (Å²) in [6, 6.07) is 0. The molecule has 0 aliphatic carbocycles. The van der Waals surface area contributed by atoms with Crippen molar-refractivity contribution in [3.05, 3.63) is 0 Å². The predicted octanol–water partition coefficient (Wildman–Crippen LogP) is -1.57. The molecule has 0 spiro atoms. The van der Waals surface area contributed by atoms with E-state index in [9.17, 15) is 0 Å². The highest BCUT2D eigenvalue weighted by Gasteiger charge is 2.25. The fourth-order valence-corrected chi connectivity index (χ4v) is 1.22. The first kappa shape index (κ1) is 8.29. The van der Waals surface area contributed by atoms with Crippen molar-refractivity contribution in [1.29, 1.82) is 0 Å². The second-order valence-corrected chi connectivity index (χ2v) is 2.79. The number of hydrogen-bond acceptors (Lipinski definition) is 4. The molecule has 0 amide bonds. The average molecular weight is 164 g/mol. The van der Waals surface area contributed by atoms with E-state index < -0.39 is 7.25 Å². The van der Waals surface area contributed by atoms with Crippen LogP contribution in [0.3, 0.4) is 0 Å². The van der Waals surface area contributed by atoms with Crippen molar-refractivity contribution in [3.63, 3.8) is 0 Å². The molecule has 0 radical (unpaired) electrons. The molecule has 1 saturated heterocycles. The smallest absolute Gasteiger partial charge is 0.413 e. The topological polar surface area (TPSA) is 55.7 Å². The first-order chi connectivity index (χ1) is 4.70. The molecule has 0 bridgehead atoms. The van der Waals surface area contributed by atoms with Crippen LogP contribution >= 0.6 is 11.6 Å². The first-order valence-electron chi connectivity index (χ1n) is 3.18. The quantitative estimate of drug-likeness (QED) is 0.249. The summed E-state index contributed by atoms with van der Waals surface area (Å²) in [4.78, 5) is 1.49. The van der Waals surface area contributed by atoms with Crippen molar-refractivity contribution in [1.82, 2.24) is 10.1 Å². The third-order valence-electron chi connectivity index (χ3n) is 1.49. The Morgan fingerprint density at radius 1 is 1.60 bits per heavy atom. The summed E-state index contributed by atoms with van der Waals surface area (Å²) in [6.07, 6.45) is 0. The molecule has 1 aliphatic heterocycles. The lowest BCUT2D eigenvalue weighted by atomic mass is 10.1. The van der Waals surface area contributed by atoms with Crippen molar-refractivity contribution >= 4 is 18.9 Å². The molecule has 6 heteroatoms. The van der Waals surface area contributed by atoms with Gasteiger partial charge >= 0.3 is 7.25 Å². The molecule has 0 aromatic heterocycles. The Hall–Kier alpha value is 0.195. The predicted molar refractivity (Wildman–Crippen MR) is 39.4 cm³/mol. The third kappa shape index (κ3) is 2.11. The lowest BCUT2D eigenvalue weighted by molar-refractivity contribution is 0.241. The summed E-state index contributed by atoms with van der Waals surface area (Å²) < 4.78 is 0. The Bertz CT molecular complexity index is 115. The zero-order valence-corrected chi connectivity index (χ0v) is 6.25. The van der Waals surface area contributed by atoms with Crippen LogP contribution in [0.1, 0.15) is 0 Å². The van der Waals surface area contributed by atoms with Crippen molar-refractivity contribution in [2.45, 2.75) is 5.50 Å². The molecule has 58 valence electrons. The Morgan fingerprint density at radius 2 is 2.30 bits per heavy atom. The summed E-state index contributed by atoms with van der Waals surface area (Å²) >= 11 is 5.68. The van der Waals surface area contributed by atoms with E-state index in [0.717, 1.165) is 0 Å². The molecule has 10 heavy (non-hydrogen) atoms. The molecule has 3 N–H and O–H groups in total. The summed E-state index contributed by atoms with van der Waals surface area (Å²) in [6.45, 7) is 1.80. The fraction of sp³-hybridized carbons (Fsp3) is 1.00. The maximum atomic E-state index is 8.69. The zero-order chi connectivity index (χ0) is 7.56. The SMILES string of the molecule is OB(O)N1CCNC(Cl)C1. The number of halogens is 1. The van der Waals surface area contributed by atoms with Gasteiger partial charge in [0.15, 0.2) is 0 Å². The number of nitrogens with zero attached hydrogens (tertiary/aromatic N) is 1. The summed E-state index contributed by atoms with van der Waals surface area (Å²) in [5, 5.41) is 20.3. The Morgan fingerprint density at radius 3 is 2.70 bits per heavy atom. The van der Waals surface area contributed by atoms with E-state index in [1.807, 2.05) is 0 Å². The highest BCUT2D eigenvalue weighted by molar-refractivity contribution is 6.37. The van der Waals surface area contributed by atoms with Gasteiger partial charge in [-0.25, -0.2) is 0 Å². The van der Waals surface area contributed by atoms with Crippen LogP contribution in [-0.2, 0) is 0 Å². The minimum absolute atomic E-state index is 0.171. The molecule has 4 nitrogen and oxygen atoms in total. The van der Waals surface area contributed by atoms with Crippen molar-refractivity contribution < 1.29 is 10.0 Å². The lowest BCUT2D eigenvalue weighted by Gasteiger charge is -2.29. The number of piperazine rings is 1. The van der Waals surface area contributed by atoms with Crippen LogP contribution in [0.5, 0.6) is 0 Å². The second kappa shape index (κ2) is 3.55. The van der Waals surface area contributed by atoms with Crippen molar-refractivity contribution in [2.75, 3.05) is 19.6 Å². The Kier molecular flexibility index (Phi) is 2.94. The van der Waals surface area contributed by atoms with Crippen LogP contribution in [0, 0.1) is 0 Å². The van der Waals surface area contributed by atoms with Gasteiger partial charge in [-0.3, -0.25) is 10.1 Å². The van der Waals surface area contributed by atoms with Gasteiger partial charge in [0, 0.05) is 19.6 Å². The molecule has 1 heterocycles. The summed E-state index contributed by atoms with van der Waals surface area (Å²) in [5.41, 5.74) is -0.171. The second-order valence-electron chi connectivity index (χ2n) is 2.26. The molecule has 1 atom stereocenters. The number of rotatable bonds is 1. The highest BCUT2D eigenvalue weighted by atomic mass is 35.5. The van der Waals surface area contributed by atoms with E-state index in [-0.39, 0.29) is 5.50 Å². The van der Waals surface area contributed by atoms with Gasteiger partial charge in [0.05, 0.1) is 5.50 Å². The molecule has 0 aromatic carbocycles. The van der Waals surface area contributed by atoms with Crippen LogP contribution < -0.4 is 5.32 Å². The zero-order valence-electron chi connectivity index (χ0n) is 5.50. The van der Waals surface area contributed by atoms with E-state index in [0.29, 0.717) is 19.6 Å². The first-order valence-corrected chi connectivity index (χ1v) is 3.61. The minimum atomic E-state index is -1.37. The number of hydrogen-bond donors (Lipinski definition) is 3. The largest absolute Gasteiger partial charge is 0.552 e. The normalized spacial score (nSPS) is 28.5. The highest BCUT2D eigenvalue weighted by Crippen LogP contribution is 2.01. The number of nitrogens with one attached hydrogen (secondary N) is 1. The van der Waals surface area contributed by atoms with Crippen LogP contribution in [0.25, 0.3) is 0 Å². The van der Waals surface area contributed by atoms with Gasteiger partial charge in [0.25, 0.3) is 0 Å². The molecule has 0 saturated carbocycles. The average Bonchev–Trinajstić information content (AvgIpc) is 1.88. The van der Waals surface area contributed by atoms with Crippen LogP contribution in [0.4, 0.5) is 0 Å². The molecule has 1 rings (SSSR count). The maximum Gasteiger partial charge on any atom is 0.552 e. The van der Waals surface area contributed by atoms with E-state index in [1.54, 1.807) is 0 Å². The van der Waals surface area contributed by atoms with Gasteiger partial charge in [-0.05, 0) is 0 Å². The molecule has 0 aromatic rings. The van der Waals surface area contributed by atoms with Gasteiger partial charge < -0.3 is 10.0 Å². The van der Waals surface area contributed by atoms with Crippen molar-refractivity contribution in [3.8, 4) is 0 Å². The summed E-state index contributed by atoms with van der Waals surface area (Å²) in [5.74, 6) is 0. The van der Waals surface area contributed by atoms with Crippen molar-refractivity contribution in [2.24, 2.45) is 0 Å². The molecule has 1 fully saturated rings. The lowest BCUT2D eigenvalue weighted by Crippen LogP contribution is -2.54. The molecule has 1 unspecified atom stereocenters. The van der Waals surface area contributed by atoms with Gasteiger partial charge in [0.1, 0.15) is 0 Å². The van der Waals surface area contributed by atoms with E-state index in [1.165, 1.54) is 4.81 Å². The standard InChI is InChI=1S/C4H10BClN2O2/c6-4-3-8(5(9)10)2-1-7-4/h4,7,9-10H,1-3H2. The van der Waals surface area contributed by atoms with Crippen LogP contribution in [0.15, 0.2) is 0 Å². The minimum Gasteiger partial charge on any atom is -0.413 e. The monoisotopic (exact) mass is 164 g/mol. The third-order valence-corrected chi connectivity index (χ3v) is 1.78. The van der Waals surface area contributed by atoms with Crippen LogP contribution in [-0.4, -0.2) is 47.2 Å². The maximum absolute atomic E-state index is 8.69. The Balaban J connectivity index is 2.32. The fourth-order valence-electron chi connectivity index (χ4n) is 0.936. The molecular formula is C4H10BClN2O2. The Labute approximate surface area is 64.9 Å². The van der Waals surface area contributed by atoms with E-state index in [2.05, 4.69) is 5.32 Å². The summed E-state index contributed by atoms with van der Waals surface area (Å²) in [7, 11) is -1.37. The number of alkyl halides is 1. The van der Waals surface area contributed by atoms with Gasteiger partial charge in [-0.2, -0.15) is 0 Å².